The molecule has 0 spiro atoms. The average Bonchev–Trinajstić information content (AvgIpc) is 2.41. The van der Waals surface area contributed by atoms with Crippen LogP contribution in [0, 0.1) is 5.92 Å². The first-order chi connectivity index (χ1) is 9.31. The predicted octanol–water partition coefficient (Wildman–Crippen LogP) is 4.67. The maximum atomic E-state index is 13.3. The molecule has 0 aromatic carbocycles. The van der Waals surface area contributed by atoms with Crippen LogP contribution in [0.2, 0.25) is 0 Å². The highest BCUT2D eigenvalue weighted by atomic mass is 31.0. The number of allylic oxidation sites excluding steroid dienone is 2. The van der Waals surface area contributed by atoms with E-state index in [4.69, 9.17) is 4.74 Å². The summed E-state index contributed by atoms with van der Waals surface area (Å²) in [7, 11) is 2.13. The molecule has 2 nitrogen and oxygen atoms in total. The van der Waals surface area contributed by atoms with Crippen molar-refractivity contribution >= 4 is 15.5 Å². The van der Waals surface area contributed by atoms with E-state index < -0.39 is 5.41 Å². The lowest BCUT2D eigenvalue weighted by atomic mass is 9.91. The van der Waals surface area contributed by atoms with Gasteiger partial charge >= 0.3 is 0 Å². The second-order valence-corrected chi connectivity index (χ2v) is 7.08. The highest BCUT2D eigenvalue weighted by Crippen LogP contribution is 2.25. The third-order valence-electron chi connectivity index (χ3n) is 3.58. The van der Waals surface area contributed by atoms with Gasteiger partial charge in [0, 0.05) is 0 Å². The van der Waals surface area contributed by atoms with Crippen LogP contribution in [0.3, 0.4) is 0 Å². The highest BCUT2D eigenvalue weighted by molar-refractivity contribution is 7.18. The maximum Gasteiger partial charge on any atom is 0.154 e. The highest BCUT2D eigenvalue weighted by Gasteiger charge is 2.20. The van der Waals surface area contributed by atoms with Crippen LogP contribution >= 0.6 is 9.24 Å². The number of hydrogen-bond donors (Lipinski definition) is 0. The number of alkyl halides is 1. The molecule has 0 N–H and O–H groups in total. The number of halogens is 1. The van der Waals surface area contributed by atoms with Crippen LogP contribution < -0.4 is 0 Å². The van der Waals surface area contributed by atoms with Crippen molar-refractivity contribution in [3.63, 3.8) is 0 Å². The summed E-state index contributed by atoms with van der Waals surface area (Å²) in [6.07, 6.45) is 7.85. The van der Waals surface area contributed by atoms with Crippen LogP contribution in [0.4, 0.5) is 4.39 Å². The molecule has 1 heterocycles. The second kappa shape index (κ2) is 7.93. The Morgan fingerprint density at radius 1 is 1.70 bits per heavy atom. The molecule has 4 unspecified atom stereocenters. The number of dihydropyridines is 1. The van der Waals surface area contributed by atoms with E-state index in [1.165, 1.54) is 12.5 Å². The first-order valence-corrected chi connectivity index (χ1v) is 7.90. The molecule has 0 aromatic heterocycles. The molecule has 0 aliphatic carbocycles. The van der Waals surface area contributed by atoms with E-state index in [1.54, 1.807) is 6.21 Å². The maximum absolute atomic E-state index is 13.3. The lowest BCUT2D eigenvalue weighted by Crippen LogP contribution is -2.21. The van der Waals surface area contributed by atoms with E-state index in [2.05, 4.69) is 34.7 Å². The predicted molar refractivity (Wildman–Crippen MR) is 88.0 cm³/mol. The average molecular weight is 299 g/mol. The van der Waals surface area contributed by atoms with E-state index in [9.17, 15) is 4.39 Å². The van der Waals surface area contributed by atoms with E-state index in [1.807, 2.05) is 6.08 Å². The van der Waals surface area contributed by atoms with E-state index in [0.717, 1.165) is 25.7 Å². The lowest BCUT2D eigenvalue weighted by molar-refractivity contribution is 0.133. The SMILES string of the molecule is C=C(CC)CCC(C)C1CC=C(OCC(C)(F)P)C=N1. The second-order valence-electron chi connectivity index (χ2n) is 5.87. The summed E-state index contributed by atoms with van der Waals surface area (Å²) in [5.41, 5.74) is 1.30. The molecule has 1 aliphatic heterocycles. The van der Waals surface area contributed by atoms with Crippen LogP contribution in [-0.4, -0.2) is 24.3 Å². The third-order valence-corrected chi connectivity index (χ3v) is 3.75. The van der Waals surface area contributed by atoms with Crippen LogP contribution in [0.25, 0.3) is 0 Å². The van der Waals surface area contributed by atoms with Crippen LogP contribution in [0.1, 0.15) is 46.5 Å². The Balaban J connectivity index is 2.35. The summed E-state index contributed by atoms with van der Waals surface area (Å²) in [5, 5.41) is -1.39. The number of rotatable bonds is 8. The van der Waals surface area contributed by atoms with Gasteiger partial charge in [-0.1, -0.05) is 35.2 Å². The van der Waals surface area contributed by atoms with E-state index >= 15 is 0 Å². The Kier molecular flexibility index (Phi) is 6.88. The number of nitrogens with zero attached hydrogens (tertiary/aromatic N) is 1. The smallest absolute Gasteiger partial charge is 0.154 e. The van der Waals surface area contributed by atoms with Crippen molar-refractivity contribution in [2.75, 3.05) is 6.61 Å². The molecular formula is C16H27FNOP. The van der Waals surface area contributed by atoms with Gasteiger partial charge in [0.2, 0.25) is 0 Å². The zero-order chi connectivity index (χ0) is 15.2. The van der Waals surface area contributed by atoms with Crippen molar-refractivity contribution in [1.82, 2.24) is 0 Å². The molecule has 4 atom stereocenters. The zero-order valence-electron chi connectivity index (χ0n) is 12.9. The standard InChI is InChI=1S/C16H27FNOP/c1-5-12(2)6-7-13(3)15-9-8-14(10-18-15)19-11-16(4,17)20/h8,10,13,15H,2,5-7,9,11,20H2,1,3-4H3. The number of ether oxygens (including phenoxy) is 1. The first-order valence-electron chi connectivity index (χ1n) is 7.32. The number of aliphatic imine (C=N–C) groups is 1. The summed E-state index contributed by atoms with van der Waals surface area (Å²) >= 11 is 0. The van der Waals surface area contributed by atoms with Gasteiger partial charge in [0.25, 0.3) is 0 Å². The Hall–Kier alpha value is -0.690. The Morgan fingerprint density at radius 2 is 2.40 bits per heavy atom. The summed E-state index contributed by atoms with van der Waals surface area (Å²) in [6.45, 7) is 9.92. The van der Waals surface area contributed by atoms with Gasteiger partial charge < -0.3 is 4.74 Å². The van der Waals surface area contributed by atoms with Crippen molar-refractivity contribution in [3.05, 3.63) is 24.0 Å². The molecular weight excluding hydrogens is 272 g/mol. The fourth-order valence-corrected chi connectivity index (χ4v) is 2.10. The minimum absolute atomic E-state index is 0.0338. The van der Waals surface area contributed by atoms with Crippen molar-refractivity contribution in [3.8, 4) is 0 Å². The van der Waals surface area contributed by atoms with Crippen molar-refractivity contribution in [2.24, 2.45) is 10.9 Å². The van der Waals surface area contributed by atoms with E-state index in [0.29, 0.717) is 17.7 Å². The first kappa shape index (κ1) is 17.4. The lowest BCUT2D eigenvalue weighted by Gasteiger charge is -2.23. The quantitative estimate of drug-likeness (QED) is 0.471. The molecule has 0 amide bonds. The van der Waals surface area contributed by atoms with Gasteiger partial charge in [-0.2, -0.15) is 0 Å². The molecule has 0 aromatic rings. The fraction of sp³-hybridized carbons (Fsp3) is 0.688. The topological polar surface area (TPSA) is 21.6 Å². The van der Waals surface area contributed by atoms with Crippen molar-refractivity contribution in [2.45, 2.75) is 57.9 Å². The molecule has 0 saturated heterocycles. The molecule has 0 bridgehead atoms. The summed E-state index contributed by atoms with van der Waals surface area (Å²) < 4.78 is 18.7. The molecule has 20 heavy (non-hydrogen) atoms. The van der Waals surface area contributed by atoms with Gasteiger partial charge in [0.1, 0.15) is 12.4 Å². The fourth-order valence-electron chi connectivity index (χ4n) is 2.02. The molecule has 1 rings (SSSR count). The van der Waals surface area contributed by atoms with Crippen LogP contribution in [0.15, 0.2) is 29.0 Å². The Morgan fingerprint density at radius 3 is 2.90 bits per heavy atom. The minimum Gasteiger partial charge on any atom is -0.489 e. The van der Waals surface area contributed by atoms with Crippen LogP contribution in [0.5, 0.6) is 0 Å². The van der Waals surface area contributed by atoms with Gasteiger partial charge in [0.15, 0.2) is 5.41 Å². The van der Waals surface area contributed by atoms with E-state index in [-0.39, 0.29) is 6.61 Å². The summed E-state index contributed by atoms with van der Waals surface area (Å²) in [6, 6.07) is 0.305. The van der Waals surface area contributed by atoms with Crippen molar-refractivity contribution < 1.29 is 9.13 Å². The summed E-state index contributed by atoms with van der Waals surface area (Å²) in [4.78, 5) is 4.54. The molecule has 4 heteroatoms. The monoisotopic (exact) mass is 299 g/mol. The zero-order valence-corrected chi connectivity index (χ0v) is 14.0. The Bertz CT molecular complexity index is 384. The molecule has 0 radical (unpaired) electrons. The van der Waals surface area contributed by atoms with Gasteiger partial charge in [-0.15, -0.1) is 0 Å². The van der Waals surface area contributed by atoms with Gasteiger partial charge in [-0.3, -0.25) is 4.99 Å². The molecule has 0 saturated carbocycles. The van der Waals surface area contributed by atoms with Gasteiger partial charge in [0.05, 0.1) is 12.3 Å². The van der Waals surface area contributed by atoms with Crippen LogP contribution in [-0.2, 0) is 4.74 Å². The third kappa shape index (κ3) is 6.65. The number of hydrogen-bond acceptors (Lipinski definition) is 2. The largest absolute Gasteiger partial charge is 0.489 e. The Labute approximate surface area is 124 Å². The van der Waals surface area contributed by atoms with Gasteiger partial charge in [-0.05, 0) is 44.6 Å². The van der Waals surface area contributed by atoms with Gasteiger partial charge in [-0.25, -0.2) is 4.39 Å². The van der Waals surface area contributed by atoms with Crippen molar-refractivity contribution in [1.29, 1.82) is 0 Å². The molecule has 0 fully saturated rings. The molecule has 114 valence electrons. The normalized spacial score (nSPS) is 22.9. The molecule has 1 aliphatic rings. The minimum atomic E-state index is -1.39. The summed E-state index contributed by atoms with van der Waals surface area (Å²) in [5.74, 6) is 1.21.